The summed E-state index contributed by atoms with van der Waals surface area (Å²) in [6.45, 7) is -2.74. The van der Waals surface area contributed by atoms with E-state index in [9.17, 15) is 81.1 Å². The molecule has 0 bridgehead atoms. The minimum absolute atomic E-state index is 0.117. The van der Waals surface area contributed by atoms with Gasteiger partial charge < -0.3 is 114 Å². The molecule has 3 fully saturated rings. The Labute approximate surface area is 382 Å². The third kappa shape index (κ3) is 10.1. The van der Waals surface area contributed by atoms with Crippen LogP contribution in [0.15, 0.2) is 63.8 Å². The van der Waals surface area contributed by atoms with Gasteiger partial charge in [-0.2, -0.15) is 0 Å². The average molecular weight is 965 g/mol. The minimum Gasteiger partial charge on any atom is -0.508 e. The van der Waals surface area contributed by atoms with Gasteiger partial charge in [0.15, 0.2) is 47.4 Å². The Morgan fingerprint density at radius 2 is 1.25 bits per heavy atom. The van der Waals surface area contributed by atoms with Gasteiger partial charge in [0.05, 0.1) is 20.3 Å². The van der Waals surface area contributed by atoms with Crippen LogP contribution in [-0.2, 0) is 33.2 Å². The number of phenolic OH excluding ortho intramolecular Hbond substituents is 5. The van der Waals surface area contributed by atoms with E-state index >= 15 is 0 Å². The van der Waals surface area contributed by atoms with Crippen LogP contribution in [0.25, 0.3) is 28.4 Å². The van der Waals surface area contributed by atoms with Crippen molar-refractivity contribution in [3.63, 3.8) is 0 Å². The zero-order valence-corrected chi connectivity index (χ0v) is 35.3. The van der Waals surface area contributed by atoms with Gasteiger partial charge in [0.2, 0.25) is 17.5 Å². The van der Waals surface area contributed by atoms with E-state index in [0.29, 0.717) is 5.56 Å². The van der Waals surface area contributed by atoms with Gasteiger partial charge in [0.1, 0.15) is 96.2 Å². The van der Waals surface area contributed by atoms with Crippen LogP contribution in [0.5, 0.6) is 40.2 Å². The molecule has 7 rings (SSSR count). The molecule has 3 aliphatic rings. The molecule has 25 heteroatoms. The van der Waals surface area contributed by atoms with Crippen molar-refractivity contribution in [2.24, 2.45) is 0 Å². The van der Waals surface area contributed by atoms with Gasteiger partial charge in [-0.15, -0.1) is 0 Å². The second-order valence-corrected chi connectivity index (χ2v) is 15.8. The van der Waals surface area contributed by atoms with Gasteiger partial charge >= 0.3 is 5.97 Å². The van der Waals surface area contributed by atoms with Crippen LogP contribution in [0.1, 0.15) is 5.56 Å². The van der Waals surface area contributed by atoms with Gasteiger partial charge in [-0.05, 0) is 42.0 Å². The number of esters is 1. The number of methoxy groups -OCH3 is 1. The predicted octanol–water partition coefficient (Wildman–Crippen LogP) is -2.91. The summed E-state index contributed by atoms with van der Waals surface area (Å²) in [5.41, 5.74) is -1.31. The summed E-state index contributed by atoms with van der Waals surface area (Å²) >= 11 is 0. The number of carbonyl (C=O) groups excluding carboxylic acids is 1. The highest BCUT2D eigenvalue weighted by Crippen LogP contribution is 2.41. The van der Waals surface area contributed by atoms with Crippen molar-refractivity contribution in [1.29, 1.82) is 0 Å². The molecule has 4 aromatic rings. The third-order valence-corrected chi connectivity index (χ3v) is 11.3. The zero-order chi connectivity index (χ0) is 49.3. The van der Waals surface area contributed by atoms with Crippen molar-refractivity contribution < 1.29 is 119 Å². The minimum atomic E-state index is -2.18. The SMILES string of the molecule is COc1cc(/C=C/C(=O)OCC2OC(OC3C(OC4C(Oc5c(-c6ccc(O)c(O)c6)oc6cc(O)cc(O)c6c5=O)OC(CO)C(O)C4O)OC(CO)C(O)C3O)C(O)C(O)C2O)ccc1O. The molecule has 25 nitrogen and oxygen atoms in total. The van der Waals surface area contributed by atoms with Crippen LogP contribution in [0.3, 0.4) is 0 Å². The lowest BCUT2D eigenvalue weighted by atomic mass is 9.96. The van der Waals surface area contributed by atoms with E-state index in [4.69, 9.17) is 42.3 Å². The van der Waals surface area contributed by atoms with Crippen LogP contribution in [0.2, 0.25) is 0 Å². The maximum absolute atomic E-state index is 14.2. The number of aromatic hydroxyl groups is 5. The highest BCUT2D eigenvalue weighted by atomic mass is 16.8. The van der Waals surface area contributed by atoms with E-state index in [0.717, 1.165) is 30.3 Å². The molecule has 0 saturated carbocycles. The number of hydrogen-bond donors (Lipinski definition) is 14. The Hall–Kier alpha value is -5.88. The molecule has 3 aromatic carbocycles. The first-order valence-electron chi connectivity index (χ1n) is 20.5. The molecule has 3 saturated heterocycles. The normalized spacial score (nSPS) is 32.0. The van der Waals surface area contributed by atoms with Crippen molar-refractivity contribution in [1.82, 2.24) is 0 Å². The van der Waals surface area contributed by atoms with Crippen molar-refractivity contribution in [2.45, 2.75) is 92.1 Å². The first-order valence-corrected chi connectivity index (χ1v) is 20.5. The quantitative estimate of drug-likeness (QED) is 0.0342. The van der Waals surface area contributed by atoms with Crippen LogP contribution < -0.4 is 14.9 Å². The second-order valence-electron chi connectivity index (χ2n) is 15.8. The second kappa shape index (κ2) is 20.8. The lowest BCUT2D eigenvalue weighted by Crippen LogP contribution is -2.67. The summed E-state index contributed by atoms with van der Waals surface area (Å²) < 4.78 is 51.0. The molecule has 1 aromatic heterocycles. The summed E-state index contributed by atoms with van der Waals surface area (Å²) in [4.78, 5) is 26.8. The van der Waals surface area contributed by atoms with Gasteiger partial charge in [0, 0.05) is 23.8 Å². The molecule has 68 heavy (non-hydrogen) atoms. The number of fused-ring (bicyclic) bond motifs is 1. The Balaban J connectivity index is 1.18. The average Bonchev–Trinajstić information content (AvgIpc) is 3.31. The molecule has 14 N–H and O–H groups in total. The van der Waals surface area contributed by atoms with E-state index in [-0.39, 0.29) is 17.1 Å². The fourth-order valence-electron chi connectivity index (χ4n) is 7.60. The van der Waals surface area contributed by atoms with E-state index in [2.05, 4.69) is 0 Å². The number of aliphatic hydroxyl groups excluding tert-OH is 9. The van der Waals surface area contributed by atoms with Crippen LogP contribution in [0.4, 0.5) is 0 Å². The van der Waals surface area contributed by atoms with Crippen molar-refractivity contribution in [3.05, 3.63) is 70.4 Å². The Morgan fingerprint density at radius 3 is 1.90 bits per heavy atom. The summed E-state index contributed by atoms with van der Waals surface area (Å²) in [6, 6.07) is 9.09. The fraction of sp³-hybridized carbons (Fsp3) is 0.442. The smallest absolute Gasteiger partial charge is 0.330 e. The van der Waals surface area contributed by atoms with Gasteiger partial charge in [-0.1, -0.05) is 6.07 Å². The molecular weight excluding hydrogens is 916 g/mol. The van der Waals surface area contributed by atoms with E-state index in [1.165, 1.54) is 37.5 Å². The molecule has 0 amide bonds. The third-order valence-electron chi connectivity index (χ3n) is 11.3. The van der Waals surface area contributed by atoms with E-state index < -0.39 is 169 Å². The molecule has 15 atom stereocenters. The molecular formula is C43H48O25. The predicted molar refractivity (Wildman–Crippen MR) is 222 cm³/mol. The monoisotopic (exact) mass is 964 g/mol. The fourth-order valence-corrected chi connectivity index (χ4v) is 7.60. The maximum atomic E-state index is 14.2. The Kier molecular flexibility index (Phi) is 15.3. The number of ether oxygens (including phenoxy) is 8. The van der Waals surface area contributed by atoms with Gasteiger partial charge in [0.25, 0.3) is 0 Å². The molecule has 0 spiro atoms. The van der Waals surface area contributed by atoms with Crippen molar-refractivity contribution in [3.8, 4) is 51.6 Å². The topological polar surface area (TPSA) is 404 Å². The lowest BCUT2D eigenvalue weighted by Gasteiger charge is -2.48. The number of benzene rings is 3. The highest BCUT2D eigenvalue weighted by Gasteiger charge is 2.55. The first-order chi connectivity index (χ1) is 32.3. The number of rotatable bonds is 14. The number of carbonyl (C=O) groups is 1. The first kappa shape index (κ1) is 50.0. The molecule has 15 unspecified atom stereocenters. The number of phenols is 5. The van der Waals surface area contributed by atoms with Crippen LogP contribution in [0, 0.1) is 0 Å². The summed E-state index contributed by atoms with van der Waals surface area (Å²) in [7, 11) is 1.32. The largest absolute Gasteiger partial charge is 0.508 e. The Morgan fingerprint density at radius 1 is 0.647 bits per heavy atom. The van der Waals surface area contributed by atoms with Crippen molar-refractivity contribution >= 4 is 23.0 Å². The number of hydrogen-bond acceptors (Lipinski definition) is 25. The zero-order valence-electron chi connectivity index (χ0n) is 35.3. The summed E-state index contributed by atoms with van der Waals surface area (Å²) in [6.07, 6.45) is -27.7. The number of aliphatic hydroxyl groups is 9. The van der Waals surface area contributed by atoms with Crippen molar-refractivity contribution in [2.75, 3.05) is 26.9 Å². The summed E-state index contributed by atoms with van der Waals surface area (Å²) in [5.74, 6) is -5.04. The lowest BCUT2D eigenvalue weighted by molar-refractivity contribution is -0.389. The van der Waals surface area contributed by atoms with E-state index in [1.54, 1.807) is 0 Å². The molecule has 370 valence electrons. The molecule has 0 aliphatic carbocycles. The molecule has 3 aliphatic heterocycles. The van der Waals surface area contributed by atoms with Gasteiger partial charge in [-0.25, -0.2) is 4.79 Å². The van der Waals surface area contributed by atoms with Gasteiger partial charge in [-0.3, -0.25) is 4.79 Å². The molecule has 0 radical (unpaired) electrons. The van der Waals surface area contributed by atoms with Crippen LogP contribution in [-0.4, -0.2) is 197 Å². The van der Waals surface area contributed by atoms with Crippen LogP contribution >= 0.6 is 0 Å². The molecule has 4 heterocycles. The maximum Gasteiger partial charge on any atom is 0.330 e. The Bertz CT molecular complexity index is 2510. The standard InChI is InChI=1S/C43H48O25/c1-60-22-8-15(2-5-19(22)48)3-7-27(51)61-14-26-31(54)33(56)36(59)41(65-26)67-39-34(57)29(52)25(13-45)64-43(39)68-40-35(58)30(53)24(12-44)63-42(40)66-38-32(55)28-21(50)10-17(46)11-23(28)62-37(38)16-4-6-18(47)20(49)9-16/h2-11,24-26,29-31,33-36,39-50,52-54,56-59H,12-14H2,1H3/b7-3+. The van der Waals surface area contributed by atoms with E-state index in [1.807, 2.05) is 0 Å². The summed E-state index contributed by atoms with van der Waals surface area (Å²) in [5, 5.41) is 148. The highest BCUT2D eigenvalue weighted by molar-refractivity contribution is 5.88.